The molecule has 0 bridgehead atoms. The average molecular weight is 543 g/mol. The first-order valence-corrected chi connectivity index (χ1v) is 13.6. The van der Waals surface area contributed by atoms with Crippen LogP contribution in [0.15, 0.2) is 95.0 Å². The van der Waals surface area contributed by atoms with E-state index in [1.165, 1.54) is 0 Å². The van der Waals surface area contributed by atoms with Crippen LogP contribution in [0, 0.1) is 5.92 Å². The van der Waals surface area contributed by atoms with Crippen molar-refractivity contribution in [1.82, 2.24) is 10.2 Å². The molecule has 1 fully saturated rings. The molecule has 2 heterocycles. The van der Waals surface area contributed by atoms with E-state index in [4.69, 9.17) is 20.8 Å². The fraction of sp³-hybridized carbons (Fsp3) is 0.250. The third-order valence-electron chi connectivity index (χ3n) is 6.97. The number of carbonyl (C=O) groups is 2. The van der Waals surface area contributed by atoms with Gasteiger partial charge in [-0.3, -0.25) is 9.59 Å². The molecule has 0 radical (unpaired) electrons. The van der Waals surface area contributed by atoms with Crippen molar-refractivity contribution in [2.24, 2.45) is 5.92 Å². The van der Waals surface area contributed by atoms with Crippen LogP contribution < -0.4 is 5.32 Å². The van der Waals surface area contributed by atoms with E-state index < -0.39 is 0 Å². The summed E-state index contributed by atoms with van der Waals surface area (Å²) in [7, 11) is 0. The monoisotopic (exact) mass is 542 g/mol. The van der Waals surface area contributed by atoms with Gasteiger partial charge in [-0.1, -0.05) is 67.1 Å². The van der Waals surface area contributed by atoms with E-state index in [-0.39, 0.29) is 24.3 Å². The molecule has 1 aliphatic heterocycles. The largest absolute Gasteiger partial charge is 0.458 e. The molecule has 7 heteroatoms. The summed E-state index contributed by atoms with van der Waals surface area (Å²) < 4.78 is 11.3. The summed E-state index contributed by atoms with van der Waals surface area (Å²) in [5.74, 6) is 0.724. The Morgan fingerprint density at radius 2 is 1.85 bits per heavy atom. The Bertz CT molecular complexity index is 1470. The molecule has 1 atom stereocenters. The number of halogens is 1. The molecule has 1 N–H and O–H groups in total. The molecule has 200 valence electrons. The Labute approximate surface area is 233 Å². The van der Waals surface area contributed by atoms with Gasteiger partial charge in [-0.25, -0.2) is 0 Å². The van der Waals surface area contributed by atoms with Gasteiger partial charge in [-0.2, -0.15) is 0 Å². The second-order valence-electron chi connectivity index (χ2n) is 9.57. The molecule has 2 aromatic carbocycles. The Balaban J connectivity index is 1.25. The average Bonchev–Trinajstić information content (AvgIpc) is 3.25. The second kappa shape index (κ2) is 12.3. The highest BCUT2D eigenvalue weighted by atomic mass is 35.5. The number of hydrogen-bond donors (Lipinski definition) is 1. The van der Waals surface area contributed by atoms with Crippen molar-refractivity contribution >= 4 is 34.4 Å². The molecule has 1 unspecified atom stereocenters. The van der Waals surface area contributed by atoms with Gasteiger partial charge in [0, 0.05) is 36.0 Å². The first-order chi connectivity index (χ1) is 19.0. The number of morpholine rings is 1. The fourth-order valence-electron chi connectivity index (χ4n) is 4.79. The maximum atomic E-state index is 12.7. The zero-order chi connectivity index (χ0) is 27.2. The SMILES string of the molecule is CCC1C=CC=CC=C1C=CC(=O)NCc1cc2cc(-c3ccc(C(=O)N4CCOCC4)cc3)cc(Cl)c2o1. The molecule has 1 saturated heterocycles. The number of carbonyl (C=O) groups excluding carboxylic acids is 2. The number of benzene rings is 2. The summed E-state index contributed by atoms with van der Waals surface area (Å²) in [6.45, 7) is 4.74. The summed E-state index contributed by atoms with van der Waals surface area (Å²) in [5, 5.41) is 4.22. The predicted octanol–water partition coefficient (Wildman–Crippen LogP) is 6.48. The van der Waals surface area contributed by atoms with Gasteiger partial charge in [0.15, 0.2) is 5.58 Å². The molecule has 2 amide bonds. The van der Waals surface area contributed by atoms with Crippen molar-refractivity contribution in [3.05, 3.63) is 107 Å². The van der Waals surface area contributed by atoms with E-state index in [0.717, 1.165) is 28.5 Å². The molecule has 2 aliphatic rings. The van der Waals surface area contributed by atoms with Crippen LogP contribution in [0.2, 0.25) is 5.02 Å². The van der Waals surface area contributed by atoms with Crippen LogP contribution in [0.1, 0.15) is 29.5 Å². The highest BCUT2D eigenvalue weighted by Gasteiger charge is 2.19. The molecule has 0 spiro atoms. The molecule has 0 saturated carbocycles. The van der Waals surface area contributed by atoms with Crippen LogP contribution in [0.5, 0.6) is 0 Å². The van der Waals surface area contributed by atoms with Crippen LogP contribution in [-0.2, 0) is 16.1 Å². The molecule has 5 rings (SSSR count). The smallest absolute Gasteiger partial charge is 0.254 e. The van der Waals surface area contributed by atoms with Gasteiger partial charge in [-0.15, -0.1) is 0 Å². The van der Waals surface area contributed by atoms with Crippen LogP contribution in [0.4, 0.5) is 0 Å². The first kappa shape index (κ1) is 26.7. The molecular weight excluding hydrogens is 512 g/mol. The van der Waals surface area contributed by atoms with Crippen molar-refractivity contribution < 1.29 is 18.7 Å². The lowest BCUT2D eigenvalue weighted by Crippen LogP contribution is -2.40. The maximum absolute atomic E-state index is 12.7. The number of amides is 2. The molecule has 1 aliphatic carbocycles. The summed E-state index contributed by atoms with van der Waals surface area (Å²) >= 11 is 6.57. The van der Waals surface area contributed by atoms with Crippen LogP contribution in [0.3, 0.4) is 0 Å². The Morgan fingerprint density at radius 1 is 1.05 bits per heavy atom. The molecule has 3 aromatic rings. The minimum atomic E-state index is -0.193. The van der Waals surface area contributed by atoms with Gasteiger partial charge in [-0.05, 0) is 53.5 Å². The van der Waals surface area contributed by atoms with Gasteiger partial charge < -0.3 is 19.4 Å². The number of ether oxygens (including phenoxy) is 1. The van der Waals surface area contributed by atoms with Crippen molar-refractivity contribution in [1.29, 1.82) is 0 Å². The number of fused-ring (bicyclic) bond motifs is 1. The van der Waals surface area contributed by atoms with Crippen LogP contribution in [0.25, 0.3) is 22.1 Å². The maximum Gasteiger partial charge on any atom is 0.254 e. The predicted molar refractivity (Wildman–Crippen MR) is 155 cm³/mol. The number of allylic oxidation sites excluding steroid dienone is 7. The normalized spacial score (nSPS) is 17.4. The van der Waals surface area contributed by atoms with E-state index in [1.54, 1.807) is 6.08 Å². The van der Waals surface area contributed by atoms with E-state index in [2.05, 4.69) is 18.3 Å². The lowest BCUT2D eigenvalue weighted by atomic mass is 9.96. The van der Waals surface area contributed by atoms with Gasteiger partial charge in [0.2, 0.25) is 5.91 Å². The number of nitrogens with zero attached hydrogens (tertiary/aromatic N) is 1. The Kier molecular flexibility index (Phi) is 8.45. The number of hydrogen-bond acceptors (Lipinski definition) is 4. The topological polar surface area (TPSA) is 71.8 Å². The van der Waals surface area contributed by atoms with Crippen LogP contribution >= 0.6 is 11.6 Å². The lowest BCUT2D eigenvalue weighted by Gasteiger charge is -2.26. The fourth-order valence-corrected chi connectivity index (χ4v) is 5.06. The Hall–Kier alpha value is -3.87. The van der Waals surface area contributed by atoms with Crippen molar-refractivity contribution in [3.8, 4) is 11.1 Å². The number of furan rings is 1. The minimum Gasteiger partial charge on any atom is -0.458 e. The van der Waals surface area contributed by atoms with E-state index in [0.29, 0.717) is 48.2 Å². The quantitative estimate of drug-likeness (QED) is 0.347. The van der Waals surface area contributed by atoms with E-state index >= 15 is 0 Å². The highest BCUT2D eigenvalue weighted by Crippen LogP contribution is 2.33. The zero-order valence-electron chi connectivity index (χ0n) is 21.9. The van der Waals surface area contributed by atoms with Gasteiger partial charge in [0.25, 0.3) is 5.91 Å². The summed E-state index contributed by atoms with van der Waals surface area (Å²) in [6.07, 6.45) is 14.6. The molecule has 1 aromatic heterocycles. The molecule has 39 heavy (non-hydrogen) atoms. The van der Waals surface area contributed by atoms with Gasteiger partial charge >= 0.3 is 0 Å². The van der Waals surface area contributed by atoms with Crippen molar-refractivity contribution in [2.75, 3.05) is 26.3 Å². The number of rotatable bonds is 7. The van der Waals surface area contributed by atoms with Gasteiger partial charge in [0.1, 0.15) is 5.76 Å². The van der Waals surface area contributed by atoms with E-state index in [1.807, 2.05) is 77.7 Å². The van der Waals surface area contributed by atoms with Crippen molar-refractivity contribution in [3.63, 3.8) is 0 Å². The third kappa shape index (κ3) is 6.41. The molecular formula is C32H31ClN2O4. The van der Waals surface area contributed by atoms with Crippen molar-refractivity contribution in [2.45, 2.75) is 19.9 Å². The first-order valence-electron chi connectivity index (χ1n) is 13.2. The number of nitrogens with one attached hydrogen (secondary N) is 1. The standard InChI is InChI=1S/C32H31ClN2O4/c1-2-22-6-4-3-5-7-23(22)12-13-30(36)34-21-28-19-27-18-26(20-29(33)31(27)39-28)24-8-10-25(11-9-24)32(37)35-14-16-38-17-15-35/h3-13,18-20,22H,2,14-17,21H2,1H3,(H,34,36). The van der Waals surface area contributed by atoms with E-state index in [9.17, 15) is 9.59 Å². The molecule has 6 nitrogen and oxygen atoms in total. The zero-order valence-corrected chi connectivity index (χ0v) is 22.6. The van der Waals surface area contributed by atoms with Gasteiger partial charge in [0.05, 0.1) is 24.8 Å². The lowest BCUT2D eigenvalue weighted by molar-refractivity contribution is -0.116. The second-order valence-corrected chi connectivity index (χ2v) is 9.98. The summed E-state index contributed by atoms with van der Waals surface area (Å²) in [6, 6.07) is 13.3. The Morgan fingerprint density at radius 3 is 2.62 bits per heavy atom. The third-order valence-corrected chi connectivity index (χ3v) is 7.25. The summed E-state index contributed by atoms with van der Waals surface area (Å²) in [5.41, 5.74) is 4.19. The summed E-state index contributed by atoms with van der Waals surface area (Å²) in [4.78, 5) is 27.0. The highest BCUT2D eigenvalue weighted by molar-refractivity contribution is 6.35. The van der Waals surface area contributed by atoms with Crippen LogP contribution in [-0.4, -0.2) is 43.0 Å². The minimum absolute atomic E-state index is 0.0134.